The summed E-state index contributed by atoms with van der Waals surface area (Å²) in [5, 5.41) is 11.5. The lowest BCUT2D eigenvalue weighted by Crippen LogP contribution is -2.24. The molecule has 2 N–H and O–H groups in total. The number of carbonyl (C=O) groups is 2. The number of amides is 1. The Labute approximate surface area is 170 Å². The van der Waals surface area contributed by atoms with Crippen molar-refractivity contribution in [3.8, 4) is 11.5 Å². The molecule has 0 saturated carbocycles. The van der Waals surface area contributed by atoms with Crippen LogP contribution in [0.15, 0.2) is 46.6 Å². The molecule has 0 aliphatic rings. The first-order valence-electron chi connectivity index (χ1n) is 8.36. The molecule has 1 amide bonds. The molecule has 0 bridgehead atoms. The Morgan fingerprint density at radius 1 is 1.21 bits per heavy atom. The predicted octanol–water partition coefficient (Wildman–Crippen LogP) is 4.13. The lowest BCUT2D eigenvalue weighted by molar-refractivity contribution is -0.134. The number of halogens is 2. The number of hydrogen-bond acceptors (Lipinski definition) is 4. The van der Waals surface area contributed by atoms with Gasteiger partial charge in [-0.3, -0.25) is 4.79 Å². The second kappa shape index (κ2) is 9.89. The molecule has 0 aliphatic carbocycles. The molecule has 2 rings (SSSR count). The van der Waals surface area contributed by atoms with Gasteiger partial charge in [0.15, 0.2) is 11.5 Å². The van der Waals surface area contributed by atoms with Crippen molar-refractivity contribution in [1.29, 1.82) is 0 Å². The molecule has 0 atom stereocenters. The number of benzene rings is 2. The smallest absolute Gasteiger partial charge is 0.352 e. The summed E-state index contributed by atoms with van der Waals surface area (Å²) in [4.78, 5) is 22.5. The van der Waals surface area contributed by atoms with Gasteiger partial charge in [-0.05, 0) is 64.3 Å². The maximum absolute atomic E-state index is 13.0. The average Bonchev–Trinajstić information content (AvgIpc) is 2.62. The zero-order valence-electron chi connectivity index (χ0n) is 15.3. The maximum atomic E-state index is 13.0. The molecule has 0 unspecified atom stereocenters. The van der Waals surface area contributed by atoms with Gasteiger partial charge in [0.2, 0.25) is 5.91 Å². The van der Waals surface area contributed by atoms with E-state index in [0.29, 0.717) is 28.1 Å². The van der Waals surface area contributed by atoms with Crippen LogP contribution in [0.25, 0.3) is 6.08 Å². The standard InChI is InChI=1S/C20H19BrFNO5/c1-3-27-18-10-14(9-17(20(25)26)23-12(2)24)8-16(21)19(18)28-11-13-4-6-15(22)7-5-13/h4-10H,3,11H2,1-2H3,(H,23,24)(H,25,26). The van der Waals surface area contributed by atoms with E-state index in [1.54, 1.807) is 31.2 Å². The number of rotatable bonds is 8. The van der Waals surface area contributed by atoms with Crippen molar-refractivity contribution in [2.45, 2.75) is 20.5 Å². The lowest BCUT2D eigenvalue weighted by atomic mass is 10.1. The third-order valence-corrected chi connectivity index (χ3v) is 4.07. The molecule has 0 saturated heterocycles. The predicted molar refractivity (Wildman–Crippen MR) is 105 cm³/mol. The Kier molecular flexibility index (Phi) is 7.57. The minimum atomic E-state index is -1.26. The van der Waals surface area contributed by atoms with E-state index in [0.717, 1.165) is 5.56 Å². The van der Waals surface area contributed by atoms with Crippen LogP contribution in [0.3, 0.4) is 0 Å². The maximum Gasteiger partial charge on any atom is 0.352 e. The van der Waals surface area contributed by atoms with Crippen molar-refractivity contribution < 1.29 is 28.6 Å². The van der Waals surface area contributed by atoms with Crippen LogP contribution in [0.2, 0.25) is 0 Å². The van der Waals surface area contributed by atoms with E-state index in [9.17, 15) is 19.1 Å². The van der Waals surface area contributed by atoms with E-state index in [1.165, 1.54) is 25.1 Å². The Bertz CT molecular complexity index is 896. The van der Waals surface area contributed by atoms with Gasteiger partial charge in [-0.2, -0.15) is 0 Å². The molecule has 0 fully saturated rings. The number of aliphatic carboxylic acids is 1. The highest BCUT2D eigenvalue weighted by molar-refractivity contribution is 9.10. The highest BCUT2D eigenvalue weighted by Gasteiger charge is 2.14. The van der Waals surface area contributed by atoms with Gasteiger partial charge in [0.25, 0.3) is 0 Å². The van der Waals surface area contributed by atoms with E-state index in [1.807, 2.05) is 0 Å². The summed E-state index contributed by atoms with van der Waals surface area (Å²) in [6, 6.07) is 9.19. The molecule has 2 aromatic rings. The molecule has 0 aromatic heterocycles. The molecular weight excluding hydrogens is 433 g/mol. The van der Waals surface area contributed by atoms with Crippen LogP contribution in [0.5, 0.6) is 11.5 Å². The van der Waals surface area contributed by atoms with Gasteiger partial charge in [-0.15, -0.1) is 0 Å². The van der Waals surface area contributed by atoms with Gasteiger partial charge in [-0.25, -0.2) is 9.18 Å². The molecule has 6 nitrogen and oxygen atoms in total. The summed E-state index contributed by atoms with van der Waals surface area (Å²) < 4.78 is 25.0. The second-order valence-corrected chi connectivity index (χ2v) is 6.58. The molecule has 148 valence electrons. The number of carbonyl (C=O) groups excluding carboxylic acids is 1. The van der Waals surface area contributed by atoms with E-state index < -0.39 is 11.9 Å². The number of ether oxygens (including phenoxy) is 2. The molecule has 2 aromatic carbocycles. The SMILES string of the molecule is CCOc1cc(C=C(NC(C)=O)C(=O)O)cc(Br)c1OCc1ccc(F)cc1. The first-order valence-corrected chi connectivity index (χ1v) is 9.15. The molecule has 0 spiro atoms. The highest BCUT2D eigenvalue weighted by atomic mass is 79.9. The normalized spacial score (nSPS) is 11.1. The summed E-state index contributed by atoms with van der Waals surface area (Å²) >= 11 is 3.40. The molecule has 0 heterocycles. The van der Waals surface area contributed by atoms with Gasteiger partial charge in [-0.1, -0.05) is 12.1 Å². The Hall–Kier alpha value is -2.87. The summed E-state index contributed by atoms with van der Waals surface area (Å²) in [5.41, 5.74) is 1.01. The number of nitrogens with one attached hydrogen (secondary N) is 1. The zero-order valence-corrected chi connectivity index (χ0v) is 16.9. The zero-order chi connectivity index (χ0) is 20.7. The number of carboxylic acids is 1. The molecule has 0 radical (unpaired) electrons. The van der Waals surface area contributed by atoms with Crippen LogP contribution in [0.4, 0.5) is 4.39 Å². The fraction of sp³-hybridized carbons (Fsp3) is 0.200. The molecular formula is C20H19BrFNO5. The van der Waals surface area contributed by atoms with E-state index >= 15 is 0 Å². The van der Waals surface area contributed by atoms with Crippen LogP contribution in [-0.4, -0.2) is 23.6 Å². The van der Waals surface area contributed by atoms with Gasteiger partial charge in [0, 0.05) is 6.92 Å². The van der Waals surface area contributed by atoms with Gasteiger partial charge in [0.1, 0.15) is 18.1 Å². The van der Waals surface area contributed by atoms with Crippen LogP contribution in [0, 0.1) is 5.82 Å². The van der Waals surface area contributed by atoms with Crippen LogP contribution >= 0.6 is 15.9 Å². The minimum absolute atomic E-state index is 0.195. The van der Waals surface area contributed by atoms with E-state index in [-0.39, 0.29) is 18.1 Å². The Morgan fingerprint density at radius 2 is 1.89 bits per heavy atom. The van der Waals surface area contributed by atoms with Crippen molar-refractivity contribution in [2.75, 3.05) is 6.61 Å². The molecule has 0 aliphatic heterocycles. The van der Waals surface area contributed by atoms with Crippen molar-refractivity contribution in [1.82, 2.24) is 5.32 Å². The first kappa shape index (κ1) is 21.4. The molecule has 28 heavy (non-hydrogen) atoms. The summed E-state index contributed by atoms with van der Waals surface area (Å²) in [7, 11) is 0. The molecule has 8 heteroatoms. The van der Waals surface area contributed by atoms with Crippen LogP contribution < -0.4 is 14.8 Å². The quantitative estimate of drug-likeness (QED) is 0.589. The summed E-state index contributed by atoms with van der Waals surface area (Å²) in [6.45, 7) is 3.59. The van der Waals surface area contributed by atoms with Crippen molar-refractivity contribution in [2.24, 2.45) is 0 Å². The minimum Gasteiger partial charge on any atom is -0.490 e. The largest absolute Gasteiger partial charge is 0.490 e. The van der Waals surface area contributed by atoms with Gasteiger partial charge in [0.05, 0.1) is 11.1 Å². The highest BCUT2D eigenvalue weighted by Crippen LogP contribution is 2.38. The lowest BCUT2D eigenvalue weighted by Gasteiger charge is -2.15. The van der Waals surface area contributed by atoms with Gasteiger partial charge < -0.3 is 19.9 Å². The topological polar surface area (TPSA) is 84.9 Å². The van der Waals surface area contributed by atoms with Crippen LogP contribution in [-0.2, 0) is 16.2 Å². The Morgan fingerprint density at radius 3 is 2.46 bits per heavy atom. The monoisotopic (exact) mass is 451 g/mol. The summed E-state index contributed by atoms with van der Waals surface area (Å²) in [5.74, 6) is -1.25. The van der Waals surface area contributed by atoms with Crippen LogP contribution in [0.1, 0.15) is 25.0 Å². The number of hydrogen-bond donors (Lipinski definition) is 2. The fourth-order valence-electron chi connectivity index (χ4n) is 2.32. The fourth-order valence-corrected chi connectivity index (χ4v) is 2.89. The van der Waals surface area contributed by atoms with Crippen molar-refractivity contribution in [3.05, 3.63) is 63.5 Å². The third kappa shape index (κ3) is 6.09. The summed E-state index contributed by atoms with van der Waals surface area (Å²) in [6.07, 6.45) is 1.32. The average molecular weight is 452 g/mol. The first-order chi connectivity index (χ1) is 13.3. The third-order valence-electron chi connectivity index (χ3n) is 3.48. The van der Waals surface area contributed by atoms with E-state index in [2.05, 4.69) is 21.2 Å². The van der Waals surface area contributed by atoms with Gasteiger partial charge >= 0.3 is 5.97 Å². The second-order valence-electron chi connectivity index (χ2n) is 5.72. The van der Waals surface area contributed by atoms with Crippen molar-refractivity contribution >= 4 is 33.9 Å². The Balaban J connectivity index is 2.33. The van der Waals surface area contributed by atoms with E-state index in [4.69, 9.17) is 9.47 Å². The van der Waals surface area contributed by atoms with Crippen molar-refractivity contribution in [3.63, 3.8) is 0 Å². The number of carboxylic acid groups (broad SMARTS) is 1.